The highest BCUT2D eigenvalue weighted by Gasteiger charge is 2.30. The number of rotatable bonds is 9. The lowest BCUT2D eigenvalue weighted by Crippen LogP contribution is -2.58. The van der Waals surface area contributed by atoms with Crippen LogP contribution in [0.3, 0.4) is 0 Å². The first-order chi connectivity index (χ1) is 13.2. The van der Waals surface area contributed by atoms with Gasteiger partial charge in [0, 0.05) is 26.7 Å². The molecule has 1 aromatic heterocycles. The second-order valence-corrected chi connectivity index (χ2v) is 7.17. The van der Waals surface area contributed by atoms with Gasteiger partial charge in [-0.2, -0.15) is 0 Å². The molecule has 0 atom stereocenters. The van der Waals surface area contributed by atoms with Crippen LogP contribution in [0.5, 0.6) is 5.75 Å². The Morgan fingerprint density at radius 1 is 1.30 bits per heavy atom. The van der Waals surface area contributed by atoms with Gasteiger partial charge in [-0.25, -0.2) is 4.68 Å². The lowest BCUT2D eigenvalue weighted by molar-refractivity contribution is 0.0790. The van der Waals surface area contributed by atoms with Crippen molar-refractivity contribution in [1.82, 2.24) is 25.2 Å². The number of hydrogen-bond acceptors (Lipinski definition) is 6. The van der Waals surface area contributed by atoms with Crippen LogP contribution in [0.1, 0.15) is 34.9 Å². The van der Waals surface area contributed by atoms with Crippen molar-refractivity contribution >= 4 is 5.91 Å². The molecule has 1 saturated heterocycles. The summed E-state index contributed by atoms with van der Waals surface area (Å²) in [6.45, 7) is 3.62. The summed E-state index contributed by atoms with van der Waals surface area (Å²) < 4.78 is 12.4. The molecular weight excluding hydrogens is 346 g/mol. The molecule has 2 aliphatic rings. The minimum Gasteiger partial charge on any atom is -0.491 e. The van der Waals surface area contributed by atoms with Gasteiger partial charge in [0.1, 0.15) is 12.4 Å². The van der Waals surface area contributed by atoms with Crippen molar-refractivity contribution in [3.05, 3.63) is 41.7 Å². The van der Waals surface area contributed by atoms with Crippen molar-refractivity contribution in [2.45, 2.75) is 31.5 Å². The van der Waals surface area contributed by atoms with Crippen LogP contribution >= 0.6 is 0 Å². The van der Waals surface area contributed by atoms with Crippen molar-refractivity contribution in [2.24, 2.45) is 0 Å². The van der Waals surface area contributed by atoms with Gasteiger partial charge in [0.15, 0.2) is 5.69 Å². The molecule has 4 rings (SSSR count). The maximum absolute atomic E-state index is 12.3. The number of nitrogens with one attached hydrogen (secondary N) is 1. The Morgan fingerprint density at radius 2 is 2.15 bits per heavy atom. The van der Waals surface area contributed by atoms with E-state index in [2.05, 4.69) is 32.7 Å². The molecule has 1 aliphatic heterocycles. The Kier molecular flexibility index (Phi) is 5.35. The number of benzene rings is 1. The van der Waals surface area contributed by atoms with Gasteiger partial charge in [0.2, 0.25) is 0 Å². The highest BCUT2D eigenvalue weighted by atomic mass is 16.5. The first-order valence-electron chi connectivity index (χ1n) is 9.37. The molecule has 1 amide bonds. The van der Waals surface area contributed by atoms with Crippen LogP contribution in [0.25, 0.3) is 0 Å². The molecule has 2 aromatic rings. The molecule has 2 fully saturated rings. The number of ether oxygens (including phenoxy) is 2. The van der Waals surface area contributed by atoms with Crippen molar-refractivity contribution in [3.8, 4) is 5.75 Å². The third-order valence-electron chi connectivity index (χ3n) is 4.82. The smallest absolute Gasteiger partial charge is 0.273 e. The first-order valence-corrected chi connectivity index (χ1v) is 9.37. The quantitative estimate of drug-likeness (QED) is 0.668. The molecule has 8 heteroatoms. The van der Waals surface area contributed by atoms with Gasteiger partial charge in [0.25, 0.3) is 5.91 Å². The normalized spacial score (nSPS) is 17.5. The predicted molar refractivity (Wildman–Crippen MR) is 98.6 cm³/mol. The lowest BCUT2D eigenvalue weighted by Gasteiger charge is -2.39. The maximum atomic E-state index is 12.3. The third-order valence-corrected chi connectivity index (χ3v) is 4.82. The van der Waals surface area contributed by atoms with Crippen LogP contribution < -0.4 is 10.1 Å². The van der Waals surface area contributed by atoms with Crippen LogP contribution in [0.15, 0.2) is 30.5 Å². The van der Waals surface area contributed by atoms with Crippen molar-refractivity contribution in [1.29, 1.82) is 0 Å². The number of hydrogen-bond donors (Lipinski definition) is 1. The number of likely N-dealkylation sites (tertiary alicyclic amines) is 1. The highest BCUT2D eigenvalue weighted by molar-refractivity contribution is 5.92. The van der Waals surface area contributed by atoms with E-state index in [1.165, 1.54) is 5.56 Å². The fourth-order valence-electron chi connectivity index (χ4n) is 3.18. The highest BCUT2D eigenvalue weighted by Crippen LogP contribution is 2.33. The summed E-state index contributed by atoms with van der Waals surface area (Å²) in [4.78, 5) is 14.6. The van der Waals surface area contributed by atoms with Crippen molar-refractivity contribution in [2.75, 3.05) is 33.4 Å². The van der Waals surface area contributed by atoms with Crippen LogP contribution in [0.2, 0.25) is 0 Å². The molecule has 27 heavy (non-hydrogen) atoms. The van der Waals surface area contributed by atoms with Crippen LogP contribution in [0, 0.1) is 0 Å². The van der Waals surface area contributed by atoms with Crippen LogP contribution in [-0.2, 0) is 11.3 Å². The molecule has 0 spiro atoms. The summed E-state index contributed by atoms with van der Waals surface area (Å²) in [7, 11) is 1.66. The van der Waals surface area contributed by atoms with Crippen molar-refractivity contribution in [3.63, 3.8) is 0 Å². The van der Waals surface area contributed by atoms with E-state index in [0.717, 1.165) is 38.2 Å². The van der Waals surface area contributed by atoms with Gasteiger partial charge < -0.3 is 14.8 Å². The largest absolute Gasteiger partial charge is 0.491 e. The Labute approximate surface area is 158 Å². The van der Waals surface area contributed by atoms with E-state index < -0.39 is 0 Å². The Morgan fingerprint density at radius 3 is 2.93 bits per heavy atom. The number of aromatic nitrogens is 3. The Balaban J connectivity index is 1.21. The summed E-state index contributed by atoms with van der Waals surface area (Å²) in [6, 6.07) is 8.69. The van der Waals surface area contributed by atoms with E-state index in [1.54, 1.807) is 18.0 Å². The first kappa shape index (κ1) is 17.9. The summed E-state index contributed by atoms with van der Waals surface area (Å²) in [5.41, 5.74) is 1.60. The van der Waals surface area contributed by atoms with E-state index in [-0.39, 0.29) is 11.9 Å². The summed E-state index contributed by atoms with van der Waals surface area (Å²) >= 11 is 0. The van der Waals surface area contributed by atoms with Gasteiger partial charge in [-0.05, 0) is 30.5 Å². The number of nitrogens with zero attached hydrogens (tertiary/aromatic N) is 4. The average molecular weight is 371 g/mol. The minimum atomic E-state index is -0.139. The molecule has 1 aromatic carbocycles. The fraction of sp³-hybridized carbons (Fsp3) is 0.526. The maximum Gasteiger partial charge on any atom is 0.273 e. The number of amides is 1. The molecule has 0 bridgehead atoms. The fourth-order valence-corrected chi connectivity index (χ4v) is 3.18. The van der Waals surface area contributed by atoms with Gasteiger partial charge in [-0.15, -0.1) is 5.10 Å². The Bertz CT molecular complexity index is 783. The monoisotopic (exact) mass is 371 g/mol. The number of methoxy groups -OCH3 is 1. The van der Waals surface area contributed by atoms with Gasteiger partial charge in [-0.1, -0.05) is 17.3 Å². The van der Waals surface area contributed by atoms with E-state index in [9.17, 15) is 4.79 Å². The molecule has 2 heterocycles. The molecule has 144 valence electrons. The summed E-state index contributed by atoms with van der Waals surface area (Å²) in [5, 5.41) is 11.0. The molecular formula is C19H25N5O3. The number of carbonyl (C=O) groups excluding carboxylic acids is 1. The van der Waals surface area contributed by atoms with Crippen LogP contribution in [-0.4, -0.2) is 65.3 Å². The van der Waals surface area contributed by atoms with E-state index in [1.807, 2.05) is 12.1 Å². The molecule has 8 nitrogen and oxygen atoms in total. The summed E-state index contributed by atoms with van der Waals surface area (Å²) in [5.74, 6) is 0.716. The zero-order valence-corrected chi connectivity index (χ0v) is 15.5. The number of carbonyl (C=O) groups is 1. The second kappa shape index (κ2) is 8.06. The van der Waals surface area contributed by atoms with E-state index in [4.69, 9.17) is 9.47 Å². The predicted octanol–water partition coefficient (Wildman–Crippen LogP) is 1.25. The van der Waals surface area contributed by atoms with Crippen LogP contribution in [0.4, 0.5) is 0 Å². The van der Waals surface area contributed by atoms with Gasteiger partial charge in [-0.3, -0.25) is 9.69 Å². The molecule has 1 N–H and O–H groups in total. The average Bonchev–Trinajstić information content (AvgIpc) is 3.37. The minimum absolute atomic E-state index is 0.139. The van der Waals surface area contributed by atoms with E-state index >= 15 is 0 Å². The summed E-state index contributed by atoms with van der Waals surface area (Å²) in [6.07, 6.45) is 4.00. The SMILES string of the molecule is COCCOc1cccc(CN2CC(NC(=O)c3cn(C4CC4)nn3)C2)c1. The zero-order valence-electron chi connectivity index (χ0n) is 15.5. The topological polar surface area (TPSA) is 81.5 Å². The molecule has 0 unspecified atom stereocenters. The molecule has 1 aliphatic carbocycles. The lowest BCUT2D eigenvalue weighted by atomic mass is 10.1. The standard InChI is InChI=1S/C19H25N5O3/c1-26-7-8-27-17-4-2-3-14(9-17)10-23-11-15(12-23)20-19(25)18-13-24(22-21-18)16-5-6-16/h2-4,9,13,15-16H,5-8,10-12H2,1H3,(H,20,25). The van der Waals surface area contributed by atoms with Gasteiger partial charge in [0.05, 0.1) is 24.9 Å². The Hall–Kier alpha value is -2.45. The second-order valence-electron chi connectivity index (χ2n) is 7.17. The zero-order chi connectivity index (χ0) is 18.6. The molecule has 1 saturated carbocycles. The third kappa shape index (κ3) is 4.64. The van der Waals surface area contributed by atoms with Gasteiger partial charge >= 0.3 is 0 Å². The van der Waals surface area contributed by atoms with Crippen molar-refractivity contribution < 1.29 is 14.3 Å². The van der Waals surface area contributed by atoms with E-state index in [0.29, 0.717) is 24.9 Å². The molecule has 0 radical (unpaired) electrons.